The normalized spacial score (nSPS) is 14.2. The molecule has 0 radical (unpaired) electrons. The highest BCUT2D eigenvalue weighted by Gasteiger charge is 2.28. The second kappa shape index (κ2) is 53.4. The van der Waals surface area contributed by atoms with Crippen molar-refractivity contribution in [1.82, 2.24) is 0 Å². The predicted molar refractivity (Wildman–Crippen MR) is 297 cm³/mol. The molecule has 3 atom stereocenters. The van der Waals surface area contributed by atoms with Gasteiger partial charge in [-0.3, -0.25) is 23.4 Å². The van der Waals surface area contributed by atoms with Crippen LogP contribution in [0.5, 0.6) is 0 Å². The molecule has 12 heteroatoms. The standard InChI is InChI=1S/C60H99O11P/c1-4-7-10-13-16-19-22-25-26-27-28-29-30-33-34-37-40-43-46-49-58(62)67-53-57(71-60(64)51-48-45-42-39-36-32-24-21-18-15-12-9-6-3)55-69-72(65,66)68-54-56(52-61)70-59(63)50-47-44-41-38-35-31-23-20-17-14-11-8-5-2/h8-9,11-12,16-21,25-26,31-32,35-36,42,45,56-57,61H,4-7,10,13-15,22-24,27-30,33-34,37-41,43-44,46-55H2,1-3H3,(H,65,66)/b11-8-,12-9-,19-16-,20-17-,21-18-,26-25-,35-31-,36-32-,45-42-. The van der Waals surface area contributed by atoms with E-state index < -0.39 is 57.8 Å². The Labute approximate surface area is 437 Å². The number of carbonyl (C=O) groups is 3. The van der Waals surface area contributed by atoms with E-state index in [0.29, 0.717) is 19.3 Å². The largest absolute Gasteiger partial charge is 0.472 e. The van der Waals surface area contributed by atoms with Crippen molar-refractivity contribution in [2.75, 3.05) is 26.4 Å². The lowest BCUT2D eigenvalue weighted by molar-refractivity contribution is -0.161. The summed E-state index contributed by atoms with van der Waals surface area (Å²) in [7, 11) is -4.78. The Morgan fingerprint density at radius 1 is 0.403 bits per heavy atom. The molecular weight excluding hydrogens is 928 g/mol. The van der Waals surface area contributed by atoms with E-state index >= 15 is 0 Å². The molecule has 0 rings (SSSR count). The van der Waals surface area contributed by atoms with Crippen molar-refractivity contribution in [2.24, 2.45) is 0 Å². The highest BCUT2D eigenvalue weighted by atomic mass is 31.2. The zero-order valence-corrected chi connectivity index (χ0v) is 46.0. The highest BCUT2D eigenvalue weighted by molar-refractivity contribution is 7.47. The topological polar surface area (TPSA) is 155 Å². The lowest BCUT2D eigenvalue weighted by Crippen LogP contribution is -2.30. The van der Waals surface area contributed by atoms with Crippen LogP contribution < -0.4 is 0 Å². The first-order chi connectivity index (χ1) is 35.2. The molecule has 0 fully saturated rings. The first kappa shape index (κ1) is 68.1. The highest BCUT2D eigenvalue weighted by Crippen LogP contribution is 2.43. The average molecular weight is 1030 g/mol. The molecule has 11 nitrogen and oxygen atoms in total. The summed E-state index contributed by atoms with van der Waals surface area (Å²) in [6.07, 6.45) is 63.6. The van der Waals surface area contributed by atoms with Crippen molar-refractivity contribution in [1.29, 1.82) is 0 Å². The number of phosphoric ester groups is 1. The van der Waals surface area contributed by atoms with Crippen LogP contribution in [-0.4, -0.2) is 66.5 Å². The van der Waals surface area contributed by atoms with Gasteiger partial charge in [-0.1, -0.05) is 194 Å². The Balaban J connectivity index is 4.80. The van der Waals surface area contributed by atoms with Gasteiger partial charge in [0.15, 0.2) is 6.10 Å². The molecular formula is C60H99O11P. The van der Waals surface area contributed by atoms with Crippen LogP contribution in [0, 0.1) is 0 Å². The number of allylic oxidation sites excluding steroid dienone is 18. The number of aliphatic hydroxyl groups excluding tert-OH is 1. The quantitative estimate of drug-likeness (QED) is 0.0197. The molecule has 0 amide bonds. The predicted octanol–water partition coefficient (Wildman–Crippen LogP) is 16.2. The van der Waals surface area contributed by atoms with Gasteiger partial charge in [-0.2, -0.15) is 0 Å². The van der Waals surface area contributed by atoms with Crippen LogP contribution in [0.25, 0.3) is 0 Å². The van der Waals surface area contributed by atoms with Crippen molar-refractivity contribution in [3.63, 3.8) is 0 Å². The first-order valence-corrected chi connectivity index (χ1v) is 29.3. The van der Waals surface area contributed by atoms with E-state index in [1.165, 1.54) is 57.8 Å². The van der Waals surface area contributed by atoms with Crippen LogP contribution >= 0.6 is 7.82 Å². The maximum Gasteiger partial charge on any atom is 0.472 e. The lowest BCUT2D eigenvalue weighted by atomic mass is 10.1. The van der Waals surface area contributed by atoms with Crippen LogP contribution in [0.1, 0.15) is 213 Å². The van der Waals surface area contributed by atoms with E-state index in [1.807, 2.05) is 12.2 Å². The molecule has 0 bridgehead atoms. The number of unbranched alkanes of at least 4 members (excludes halogenated alkanes) is 15. The van der Waals surface area contributed by atoms with E-state index in [1.54, 1.807) is 0 Å². The summed E-state index contributed by atoms with van der Waals surface area (Å²) in [5.74, 6) is -1.61. The first-order valence-electron chi connectivity index (χ1n) is 27.8. The average Bonchev–Trinajstić information content (AvgIpc) is 3.37. The summed E-state index contributed by atoms with van der Waals surface area (Å²) in [6.45, 7) is 4.25. The smallest absolute Gasteiger partial charge is 0.462 e. The summed E-state index contributed by atoms with van der Waals surface area (Å²) in [6, 6.07) is 0. The van der Waals surface area contributed by atoms with Gasteiger partial charge in [0, 0.05) is 19.3 Å². The molecule has 0 saturated carbocycles. The molecule has 0 saturated heterocycles. The molecule has 0 aromatic rings. The molecule has 2 N–H and O–H groups in total. The fourth-order valence-corrected chi connectivity index (χ4v) is 7.79. The Morgan fingerprint density at radius 3 is 1.21 bits per heavy atom. The molecule has 3 unspecified atom stereocenters. The minimum Gasteiger partial charge on any atom is -0.462 e. The Hall–Kier alpha value is -3.86. The number of ether oxygens (including phenoxy) is 3. The van der Waals surface area contributed by atoms with E-state index in [0.717, 1.165) is 96.3 Å². The minimum atomic E-state index is -4.78. The molecule has 0 spiro atoms. The fourth-order valence-electron chi connectivity index (χ4n) is 7.00. The van der Waals surface area contributed by atoms with E-state index in [-0.39, 0.29) is 25.9 Å². The summed E-state index contributed by atoms with van der Waals surface area (Å²) in [4.78, 5) is 48.4. The third-order valence-electron chi connectivity index (χ3n) is 11.2. The zero-order valence-electron chi connectivity index (χ0n) is 45.1. The number of esters is 3. The molecule has 0 heterocycles. The minimum absolute atomic E-state index is 0.0384. The number of hydrogen-bond donors (Lipinski definition) is 2. The van der Waals surface area contributed by atoms with Gasteiger partial charge in [-0.15, -0.1) is 0 Å². The third-order valence-corrected chi connectivity index (χ3v) is 12.1. The van der Waals surface area contributed by atoms with Crippen molar-refractivity contribution >= 4 is 25.7 Å². The van der Waals surface area contributed by atoms with Gasteiger partial charge in [0.2, 0.25) is 0 Å². The molecule has 0 aromatic heterocycles. The van der Waals surface area contributed by atoms with Crippen molar-refractivity contribution < 1.29 is 52.2 Å². The Morgan fingerprint density at radius 2 is 0.750 bits per heavy atom. The molecule has 410 valence electrons. The van der Waals surface area contributed by atoms with Crippen LogP contribution in [0.4, 0.5) is 0 Å². The van der Waals surface area contributed by atoms with Crippen LogP contribution in [0.3, 0.4) is 0 Å². The van der Waals surface area contributed by atoms with Gasteiger partial charge < -0.3 is 24.2 Å². The number of rotatable bonds is 50. The molecule has 0 aromatic carbocycles. The zero-order chi connectivity index (χ0) is 52.7. The third kappa shape index (κ3) is 51.1. The van der Waals surface area contributed by atoms with Crippen molar-refractivity contribution in [2.45, 2.75) is 226 Å². The van der Waals surface area contributed by atoms with Gasteiger partial charge in [-0.05, 0) is 109 Å². The summed E-state index contributed by atoms with van der Waals surface area (Å²) in [5.41, 5.74) is 0. The summed E-state index contributed by atoms with van der Waals surface area (Å²) >= 11 is 0. The Bertz CT molecular complexity index is 1620. The summed E-state index contributed by atoms with van der Waals surface area (Å²) in [5, 5.41) is 9.78. The molecule has 0 aliphatic carbocycles. The van der Waals surface area contributed by atoms with E-state index in [2.05, 4.69) is 118 Å². The maximum absolute atomic E-state index is 12.9. The maximum atomic E-state index is 12.9. The monoisotopic (exact) mass is 1030 g/mol. The van der Waals surface area contributed by atoms with Gasteiger partial charge in [-0.25, -0.2) is 4.57 Å². The molecule has 72 heavy (non-hydrogen) atoms. The van der Waals surface area contributed by atoms with E-state index in [4.69, 9.17) is 23.3 Å². The lowest BCUT2D eigenvalue weighted by Gasteiger charge is -2.21. The van der Waals surface area contributed by atoms with Crippen molar-refractivity contribution in [3.05, 3.63) is 109 Å². The van der Waals surface area contributed by atoms with Gasteiger partial charge >= 0.3 is 25.7 Å². The van der Waals surface area contributed by atoms with Crippen LogP contribution in [0.15, 0.2) is 109 Å². The fraction of sp³-hybridized carbons (Fsp3) is 0.650. The van der Waals surface area contributed by atoms with Crippen molar-refractivity contribution in [3.8, 4) is 0 Å². The van der Waals surface area contributed by atoms with Gasteiger partial charge in [0.1, 0.15) is 12.7 Å². The van der Waals surface area contributed by atoms with E-state index in [9.17, 15) is 28.9 Å². The molecule has 0 aliphatic rings. The van der Waals surface area contributed by atoms with Crippen LogP contribution in [-0.2, 0) is 42.2 Å². The number of aliphatic hydroxyl groups is 1. The Kier molecular flexibility index (Phi) is 50.6. The summed E-state index contributed by atoms with van der Waals surface area (Å²) < 4.78 is 39.3. The second-order valence-corrected chi connectivity index (χ2v) is 19.4. The molecule has 0 aliphatic heterocycles. The van der Waals surface area contributed by atoms with Gasteiger partial charge in [0.25, 0.3) is 0 Å². The second-order valence-electron chi connectivity index (χ2n) is 18.0. The van der Waals surface area contributed by atoms with Gasteiger partial charge in [0.05, 0.1) is 19.8 Å². The number of phosphoric acid groups is 1. The number of hydrogen-bond acceptors (Lipinski definition) is 10. The number of carbonyl (C=O) groups excluding carboxylic acids is 3. The SMILES string of the molecule is CC/C=C\C/C=C\C/C=C\C/C=C\CCC(=O)OC(COC(=O)CCCCCCCCCCC/C=C\C/C=C\CCCCC)COP(=O)(O)OCC(CO)OC(=O)CCCCC/C=C\C/C=C\C/C=C\CC. The van der Waals surface area contributed by atoms with Crippen LogP contribution in [0.2, 0.25) is 0 Å².